The lowest BCUT2D eigenvalue weighted by Gasteiger charge is -2.08. The summed E-state index contributed by atoms with van der Waals surface area (Å²) in [4.78, 5) is 0. The Kier molecular flexibility index (Phi) is 5.09. The van der Waals surface area contributed by atoms with Crippen LogP contribution < -0.4 is 5.32 Å². The van der Waals surface area contributed by atoms with Gasteiger partial charge in [0.15, 0.2) is 0 Å². The average Bonchev–Trinajstić information content (AvgIpc) is 3.08. The second kappa shape index (κ2) is 7.63. The molecule has 3 heteroatoms. The zero-order valence-electron chi connectivity index (χ0n) is 13.5. The molecule has 0 saturated heterocycles. The Morgan fingerprint density at radius 3 is 2.52 bits per heavy atom. The fraction of sp³-hybridized carbons (Fsp3) is 0.250. The van der Waals surface area contributed by atoms with Crippen LogP contribution in [0.4, 0.5) is 5.69 Å². The van der Waals surface area contributed by atoms with Crippen LogP contribution in [-0.4, -0.2) is 10.2 Å². The molecule has 0 radical (unpaired) electrons. The summed E-state index contributed by atoms with van der Waals surface area (Å²) in [5.74, 6) is 0. The molecule has 0 unspecified atom stereocenters. The summed E-state index contributed by atoms with van der Waals surface area (Å²) in [7, 11) is 0. The molecule has 0 fully saturated rings. The van der Waals surface area contributed by atoms with Crippen LogP contribution in [0.3, 0.4) is 0 Å². The van der Waals surface area contributed by atoms with E-state index in [1.54, 1.807) is 0 Å². The van der Waals surface area contributed by atoms with Gasteiger partial charge in [-0.05, 0) is 36.1 Å². The predicted molar refractivity (Wildman–Crippen MR) is 96.4 cm³/mol. The molecule has 0 aliphatic rings. The number of nitrogens with zero attached hydrogens (tertiary/aromatic N) is 1. The van der Waals surface area contributed by atoms with Crippen molar-refractivity contribution in [3.8, 4) is 11.3 Å². The summed E-state index contributed by atoms with van der Waals surface area (Å²) in [6.45, 7) is 2.99. The lowest BCUT2D eigenvalue weighted by molar-refractivity contribution is 0.795. The van der Waals surface area contributed by atoms with Crippen LogP contribution in [0.2, 0.25) is 0 Å². The molecule has 1 aromatic heterocycles. The minimum atomic E-state index is 0.759. The van der Waals surface area contributed by atoms with Gasteiger partial charge in [0.1, 0.15) is 0 Å². The molecule has 3 nitrogen and oxygen atoms in total. The van der Waals surface area contributed by atoms with E-state index in [0.717, 1.165) is 29.9 Å². The molecule has 0 aliphatic carbocycles. The number of hydrogen-bond donors (Lipinski definition) is 2. The quantitative estimate of drug-likeness (QED) is 0.642. The lowest BCUT2D eigenvalue weighted by Crippen LogP contribution is -2.00. The Hall–Kier alpha value is -2.55. The fourth-order valence-corrected chi connectivity index (χ4v) is 2.67. The summed E-state index contributed by atoms with van der Waals surface area (Å²) in [5, 5.41) is 10.8. The average molecular weight is 305 g/mol. The van der Waals surface area contributed by atoms with Gasteiger partial charge in [0.05, 0.1) is 11.9 Å². The summed E-state index contributed by atoms with van der Waals surface area (Å²) in [5.41, 5.74) is 5.97. The summed E-state index contributed by atoms with van der Waals surface area (Å²) < 4.78 is 0. The Morgan fingerprint density at radius 1 is 1.00 bits per heavy atom. The van der Waals surface area contributed by atoms with E-state index in [4.69, 9.17) is 0 Å². The monoisotopic (exact) mass is 305 g/mol. The smallest absolute Gasteiger partial charge is 0.0700 e. The molecule has 0 spiro atoms. The van der Waals surface area contributed by atoms with E-state index in [1.165, 1.54) is 24.0 Å². The molecule has 3 aromatic rings. The van der Waals surface area contributed by atoms with Crippen LogP contribution in [0.25, 0.3) is 11.3 Å². The molecular weight excluding hydrogens is 282 g/mol. The predicted octanol–water partition coefficient (Wildman–Crippen LogP) is 5.03. The summed E-state index contributed by atoms with van der Waals surface area (Å²) >= 11 is 0. The molecule has 23 heavy (non-hydrogen) atoms. The van der Waals surface area contributed by atoms with Gasteiger partial charge < -0.3 is 5.32 Å². The minimum Gasteiger partial charge on any atom is -0.381 e. The van der Waals surface area contributed by atoms with Gasteiger partial charge in [0, 0.05) is 17.8 Å². The van der Waals surface area contributed by atoms with E-state index >= 15 is 0 Å². The SMILES string of the molecule is CCCCc1ccc(NCc2cn[nH]c2-c2ccccc2)cc1. The molecule has 0 aliphatic heterocycles. The van der Waals surface area contributed by atoms with Gasteiger partial charge in [0.2, 0.25) is 0 Å². The van der Waals surface area contributed by atoms with Crippen molar-refractivity contribution >= 4 is 5.69 Å². The van der Waals surface area contributed by atoms with Gasteiger partial charge >= 0.3 is 0 Å². The number of aryl methyl sites for hydroxylation is 1. The number of benzene rings is 2. The normalized spacial score (nSPS) is 10.7. The van der Waals surface area contributed by atoms with Crippen molar-refractivity contribution in [1.29, 1.82) is 0 Å². The highest BCUT2D eigenvalue weighted by atomic mass is 15.1. The van der Waals surface area contributed by atoms with Crippen molar-refractivity contribution in [2.75, 3.05) is 5.32 Å². The molecular formula is C20H23N3. The number of hydrogen-bond acceptors (Lipinski definition) is 2. The van der Waals surface area contributed by atoms with Crippen LogP contribution in [0.5, 0.6) is 0 Å². The highest BCUT2D eigenvalue weighted by Crippen LogP contribution is 2.21. The van der Waals surface area contributed by atoms with Crippen molar-refractivity contribution in [2.24, 2.45) is 0 Å². The third-order valence-corrected chi connectivity index (χ3v) is 4.04. The number of H-pyrrole nitrogens is 1. The summed E-state index contributed by atoms with van der Waals surface area (Å²) in [6.07, 6.45) is 5.55. The molecule has 2 N–H and O–H groups in total. The number of anilines is 1. The van der Waals surface area contributed by atoms with Crippen molar-refractivity contribution in [1.82, 2.24) is 10.2 Å². The van der Waals surface area contributed by atoms with E-state index < -0.39 is 0 Å². The Bertz CT molecular complexity index is 714. The third-order valence-electron chi connectivity index (χ3n) is 4.04. The van der Waals surface area contributed by atoms with Crippen molar-refractivity contribution < 1.29 is 0 Å². The first-order chi connectivity index (χ1) is 11.4. The maximum Gasteiger partial charge on any atom is 0.0700 e. The van der Waals surface area contributed by atoms with Gasteiger partial charge in [-0.3, -0.25) is 5.10 Å². The molecule has 118 valence electrons. The summed E-state index contributed by atoms with van der Waals surface area (Å²) in [6, 6.07) is 19.1. The van der Waals surface area contributed by atoms with Crippen molar-refractivity contribution in [3.05, 3.63) is 71.9 Å². The Balaban J connectivity index is 1.64. The first kappa shape index (κ1) is 15.3. The second-order valence-corrected chi connectivity index (χ2v) is 5.79. The van der Waals surface area contributed by atoms with Crippen molar-refractivity contribution in [3.63, 3.8) is 0 Å². The molecule has 0 atom stereocenters. The Labute approximate surface area is 137 Å². The highest BCUT2D eigenvalue weighted by molar-refractivity contribution is 5.63. The molecule has 0 bridgehead atoms. The van der Waals surface area contributed by atoms with Gasteiger partial charge in [-0.2, -0.15) is 5.10 Å². The maximum absolute atomic E-state index is 4.19. The Morgan fingerprint density at radius 2 is 1.78 bits per heavy atom. The zero-order chi connectivity index (χ0) is 15.9. The van der Waals surface area contributed by atoms with E-state index in [2.05, 4.69) is 58.8 Å². The van der Waals surface area contributed by atoms with E-state index in [0.29, 0.717) is 0 Å². The lowest BCUT2D eigenvalue weighted by atomic mass is 10.1. The number of rotatable bonds is 7. The molecule has 3 rings (SSSR count). The van der Waals surface area contributed by atoms with Crippen LogP contribution in [0, 0.1) is 0 Å². The molecule has 0 saturated carbocycles. The van der Waals surface area contributed by atoms with E-state index in [9.17, 15) is 0 Å². The number of aromatic nitrogens is 2. The fourth-order valence-electron chi connectivity index (χ4n) is 2.67. The third kappa shape index (κ3) is 4.01. The first-order valence-corrected chi connectivity index (χ1v) is 8.27. The second-order valence-electron chi connectivity index (χ2n) is 5.79. The molecule has 0 amide bonds. The van der Waals surface area contributed by atoms with Gasteiger partial charge in [-0.25, -0.2) is 0 Å². The molecule has 1 heterocycles. The minimum absolute atomic E-state index is 0.759. The maximum atomic E-state index is 4.19. The highest BCUT2D eigenvalue weighted by Gasteiger charge is 2.07. The van der Waals surface area contributed by atoms with Crippen molar-refractivity contribution in [2.45, 2.75) is 32.7 Å². The number of unbranched alkanes of at least 4 members (excludes halogenated alkanes) is 1. The first-order valence-electron chi connectivity index (χ1n) is 8.27. The van der Waals surface area contributed by atoms with Gasteiger partial charge in [-0.15, -0.1) is 0 Å². The van der Waals surface area contributed by atoms with Crippen LogP contribution in [-0.2, 0) is 13.0 Å². The largest absolute Gasteiger partial charge is 0.381 e. The zero-order valence-corrected chi connectivity index (χ0v) is 13.5. The molecule has 2 aromatic carbocycles. The van der Waals surface area contributed by atoms with Gasteiger partial charge in [-0.1, -0.05) is 55.8 Å². The van der Waals surface area contributed by atoms with Crippen LogP contribution in [0.15, 0.2) is 60.8 Å². The van der Waals surface area contributed by atoms with Gasteiger partial charge in [0.25, 0.3) is 0 Å². The van der Waals surface area contributed by atoms with Crippen LogP contribution >= 0.6 is 0 Å². The number of nitrogens with one attached hydrogen (secondary N) is 2. The topological polar surface area (TPSA) is 40.7 Å². The standard InChI is InChI=1S/C20H23N3/c1-2-3-7-16-10-12-19(13-11-16)21-14-18-15-22-23-20(18)17-8-5-4-6-9-17/h4-6,8-13,15,21H,2-3,7,14H2,1H3,(H,22,23). The van der Waals surface area contributed by atoms with E-state index in [1.807, 2.05) is 24.4 Å². The number of aromatic amines is 1. The van der Waals surface area contributed by atoms with Crippen LogP contribution in [0.1, 0.15) is 30.9 Å². The van der Waals surface area contributed by atoms with E-state index in [-0.39, 0.29) is 0 Å².